The fraction of sp³-hybridized carbons (Fsp3) is 0.500. The second kappa shape index (κ2) is 11.3. The summed E-state index contributed by atoms with van der Waals surface area (Å²) in [4.78, 5) is 9.41. The van der Waals surface area contributed by atoms with Crippen LogP contribution in [0.1, 0.15) is 42.5 Å². The fourth-order valence-corrected chi connectivity index (χ4v) is 4.51. The van der Waals surface area contributed by atoms with Crippen LogP contribution >= 0.6 is 0 Å². The van der Waals surface area contributed by atoms with Gasteiger partial charge in [-0.05, 0) is 48.6 Å². The normalized spacial score (nSPS) is 18.6. The van der Waals surface area contributed by atoms with E-state index in [-0.39, 0.29) is 6.04 Å². The lowest BCUT2D eigenvalue weighted by Crippen LogP contribution is -2.39. The van der Waals surface area contributed by atoms with Gasteiger partial charge in [0.05, 0.1) is 19.3 Å². The molecule has 1 atom stereocenters. The third-order valence-corrected chi connectivity index (χ3v) is 6.48. The monoisotopic (exact) mass is 435 g/mol. The van der Waals surface area contributed by atoms with Gasteiger partial charge in [0.15, 0.2) is 5.96 Å². The molecule has 32 heavy (non-hydrogen) atoms. The van der Waals surface area contributed by atoms with Crippen molar-refractivity contribution in [3.05, 3.63) is 65.2 Å². The van der Waals surface area contributed by atoms with Crippen LogP contribution in [0, 0.1) is 0 Å². The van der Waals surface area contributed by atoms with Crippen LogP contribution in [-0.2, 0) is 17.8 Å². The van der Waals surface area contributed by atoms with E-state index in [0.717, 1.165) is 45.4 Å². The number of guanidine groups is 1. The van der Waals surface area contributed by atoms with Crippen LogP contribution < -0.4 is 15.5 Å². The molecule has 6 heteroatoms. The second-order valence-corrected chi connectivity index (χ2v) is 8.74. The molecule has 0 aliphatic carbocycles. The predicted octanol–water partition coefficient (Wildman–Crippen LogP) is 3.55. The molecule has 6 nitrogen and oxygen atoms in total. The number of hydrogen-bond acceptors (Lipinski definition) is 4. The molecule has 2 heterocycles. The van der Waals surface area contributed by atoms with Gasteiger partial charge in [0.25, 0.3) is 0 Å². The molecule has 172 valence electrons. The van der Waals surface area contributed by atoms with E-state index in [9.17, 15) is 0 Å². The smallest absolute Gasteiger partial charge is 0.191 e. The van der Waals surface area contributed by atoms with Crippen molar-refractivity contribution in [3.8, 4) is 0 Å². The Balaban J connectivity index is 1.35. The summed E-state index contributed by atoms with van der Waals surface area (Å²) >= 11 is 0. The molecule has 0 amide bonds. The van der Waals surface area contributed by atoms with Crippen molar-refractivity contribution < 1.29 is 4.74 Å². The highest BCUT2D eigenvalue weighted by Gasteiger charge is 2.15. The van der Waals surface area contributed by atoms with Gasteiger partial charge in [-0.15, -0.1) is 0 Å². The minimum Gasteiger partial charge on any atom is -0.379 e. The van der Waals surface area contributed by atoms with Crippen LogP contribution in [-0.4, -0.2) is 57.3 Å². The average Bonchev–Trinajstić information content (AvgIpc) is 3.38. The lowest BCUT2D eigenvalue weighted by molar-refractivity contribution is 0.0341. The number of rotatable bonds is 7. The van der Waals surface area contributed by atoms with Crippen LogP contribution in [0.5, 0.6) is 0 Å². The van der Waals surface area contributed by atoms with Gasteiger partial charge in [-0.25, -0.2) is 0 Å². The standard InChI is InChI=1S/C26H37N5O/c1-21(22-10-7-11-25(18-22)31-12-5-6-13-31)29-26(27-2)28-19-23-8-3-4-9-24(23)20-30-14-16-32-17-15-30/h3-4,7-11,18,21H,5-6,12-17,19-20H2,1-2H3,(H2,27,28,29). The van der Waals surface area contributed by atoms with E-state index in [1.807, 2.05) is 7.05 Å². The molecular weight excluding hydrogens is 398 g/mol. The highest BCUT2D eigenvalue weighted by atomic mass is 16.5. The summed E-state index contributed by atoms with van der Waals surface area (Å²) in [6.07, 6.45) is 2.59. The van der Waals surface area contributed by atoms with Crippen LogP contribution in [0.2, 0.25) is 0 Å². The fourth-order valence-electron chi connectivity index (χ4n) is 4.51. The maximum atomic E-state index is 5.49. The molecule has 0 radical (unpaired) electrons. The van der Waals surface area contributed by atoms with Gasteiger partial charge in [-0.3, -0.25) is 9.89 Å². The van der Waals surface area contributed by atoms with Crippen molar-refractivity contribution in [3.63, 3.8) is 0 Å². The topological polar surface area (TPSA) is 52.1 Å². The van der Waals surface area contributed by atoms with E-state index in [4.69, 9.17) is 4.74 Å². The van der Waals surface area contributed by atoms with Gasteiger partial charge >= 0.3 is 0 Å². The summed E-state index contributed by atoms with van der Waals surface area (Å²) in [5.74, 6) is 0.824. The molecule has 0 spiro atoms. The van der Waals surface area contributed by atoms with E-state index in [1.54, 1.807) is 0 Å². The molecule has 2 aliphatic rings. The number of nitrogens with zero attached hydrogens (tertiary/aromatic N) is 3. The first kappa shape index (κ1) is 22.6. The molecule has 2 N–H and O–H groups in total. The first-order chi connectivity index (χ1) is 15.7. The number of ether oxygens (including phenoxy) is 1. The Bertz CT molecular complexity index is 887. The third kappa shape index (κ3) is 6.02. The Morgan fingerprint density at radius 2 is 1.75 bits per heavy atom. The lowest BCUT2D eigenvalue weighted by atomic mass is 10.1. The molecule has 0 aromatic heterocycles. The number of morpholine rings is 1. The number of aliphatic imine (C=N–C) groups is 1. The second-order valence-electron chi connectivity index (χ2n) is 8.74. The molecular formula is C26H37N5O. The van der Waals surface area contributed by atoms with Gasteiger partial charge in [-0.1, -0.05) is 36.4 Å². The molecule has 2 saturated heterocycles. The molecule has 1 unspecified atom stereocenters. The van der Waals surface area contributed by atoms with Crippen molar-refractivity contribution in [1.29, 1.82) is 0 Å². The molecule has 2 aromatic carbocycles. The van der Waals surface area contributed by atoms with Gasteiger partial charge in [0.1, 0.15) is 0 Å². The Morgan fingerprint density at radius 1 is 1.00 bits per heavy atom. The zero-order valence-corrected chi connectivity index (χ0v) is 19.5. The number of hydrogen-bond donors (Lipinski definition) is 2. The summed E-state index contributed by atoms with van der Waals surface area (Å²) in [5, 5.41) is 7.08. The van der Waals surface area contributed by atoms with Crippen LogP contribution in [0.15, 0.2) is 53.5 Å². The summed E-state index contributed by atoms with van der Waals surface area (Å²) in [6.45, 7) is 9.90. The van der Waals surface area contributed by atoms with E-state index >= 15 is 0 Å². The maximum absolute atomic E-state index is 5.49. The van der Waals surface area contributed by atoms with Crippen molar-refractivity contribution in [2.24, 2.45) is 4.99 Å². The van der Waals surface area contributed by atoms with Crippen molar-refractivity contribution in [2.45, 2.75) is 38.9 Å². The summed E-state index contributed by atoms with van der Waals surface area (Å²) in [7, 11) is 1.84. The predicted molar refractivity (Wildman–Crippen MR) is 132 cm³/mol. The minimum absolute atomic E-state index is 0.173. The Hall–Kier alpha value is -2.57. The highest BCUT2D eigenvalue weighted by molar-refractivity contribution is 5.80. The van der Waals surface area contributed by atoms with Crippen molar-refractivity contribution >= 4 is 11.6 Å². The van der Waals surface area contributed by atoms with Gasteiger partial charge in [-0.2, -0.15) is 0 Å². The van der Waals surface area contributed by atoms with E-state index in [1.165, 1.54) is 48.3 Å². The Kier molecular flexibility index (Phi) is 8.02. The highest BCUT2D eigenvalue weighted by Crippen LogP contribution is 2.24. The molecule has 2 fully saturated rings. The van der Waals surface area contributed by atoms with Crippen molar-refractivity contribution in [2.75, 3.05) is 51.3 Å². The SMILES string of the molecule is CN=C(NCc1ccccc1CN1CCOCC1)NC(C)c1cccc(N2CCCC2)c1. The summed E-state index contributed by atoms with van der Waals surface area (Å²) in [5.41, 5.74) is 5.29. The Labute approximate surface area is 192 Å². The zero-order chi connectivity index (χ0) is 22.2. The lowest BCUT2D eigenvalue weighted by Gasteiger charge is -2.27. The van der Waals surface area contributed by atoms with Crippen LogP contribution in [0.25, 0.3) is 0 Å². The van der Waals surface area contributed by atoms with Gasteiger partial charge in [0.2, 0.25) is 0 Å². The summed E-state index contributed by atoms with van der Waals surface area (Å²) < 4.78 is 5.49. The largest absolute Gasteiger partial charge is 0.379 e. The first-order valence-electron chi connectivity index (χ1n) is 11.9. The molecule has 4 rings (SSSR count). The minimum atomic E-state index is 0.173. The number of anilines is 1. The van der Waals surface area contributed by atoms with E-state index in [2.05, 4.69) is 80.9 Å². The molecule has 0 bridgehead atoms. The van der Waals surface area contributed by atoms with Crippen molar-refractivity contribution in [1.82, 2.24) is 15.5 Å². The zero-order valence-electron chi connectivity index (χ0n) is 19.5. The summed E-state index contributed by atoms with van der Waals surface area (Å²) in [6, 6.07) is 17.8. The van der Waals surface area contributed by atoms with E-state index < -0.39 is 0 Å². The van der Waals surface area contributed by atoms with Crippen LogP contribution in [0.3, 0.4) is 0 Å². The maximum Gasteiger partial charge on any atom is 0.191 e. The van der Waals surface area contributed by atoms with Crippen LogP contribution in [0.4, 0.5) is 5.69 Å². The number of nitrogens with one attached hydrogen (secondary N) is 2. The van der Waals surface area contributed by atoms with E-state index in [0.29, 0.717) is 0 Å². The molecule has 0 saturated carbocycles. The quantitative estimate of drug-likeness (QED) is 0.515. The van der Waals surface area contributed by atoms with Gasteiger partial charge in [0, 0.05) is 52.0 Å². The number of benzene rings is 2. The van der Waals surface area contributed by atoms with Gasteiger partial charge < -0.3 is 20.3 Å². The average molecular weight is 436 g/mol. The third-order valence-electron chi connectivity index (χ3n) is 6.48. The first-order valence-corrected chi connectivity index (χ1v) is 11.9. The molecule has 2 aliphatic heterocycles. The molecule has 2 aromatic rings. The Morgan fingerprint density at radius 3 is 2.50 bits per heavy atom.